The van der Waals surface area contributed by atoms with Crippen molar-refractivity contribution in [1.29, 1.82) is 0 Å². The molecule has 0 bridgehead atoms. The molecular weight excluding hydrogens is 448 g/mol. The van der Waals surface area contributed by atoms with E-state index in [2.05, 4.69) is 13.8 Å². The second kappa shape index (κ2) is 27.0. The van der Waals surface area contributed by atoms with Crippen LogP contribution in [0.15, 0.2) is 0 Å². The molecule has 0 aromatic rings. The first-order valence-corrected chi connectivity index (χ1v) is 15.9. The van der Waals surface area contributed by atoms with Gasteiger partial charge in [-0.3, -0.25) is 9.59 Å². The van der Waals surface area contributed by atoms with Crippen LogP contribution in [0.25, 0.3) is 0 Å². The number of carboxylic acid groups (broad SMARTS) is 2. The normalized spacial score (nSPS) is 13.1. The molecule has 0 saturated heterocycles. The number of carbonyl (C=O) groups is 2. The molecule has 0 aliphatic carbocycles. The van der Waals surface area contributed by atoms with Crippen molar-refractivity contribution in [3.05, 3.63) is 0 Å². The number of hydrogen-bond donors (Lipinski definition) is 2. The van der Waals surface area contributed by atoms with Crippen LogP contribution in [-0.4, -0.2) is 22.2 Å². The molecule has 2 N–H and O–H groups in total. The Bertz CT molecular complexity index is 491. The number of rotatable bonds is 29. The van der Waals surface area contributed by atoms with Gasteiger partial charge in [-0.2, -0.15) is 0 Å². The van der Waals surface area contributed by atoms with Gasteiger partial charge in [0.1, 0.15) is 0 Å². The van der Waals surface area contributed by atoms with E-state index < -0.39 is 11.9 Å². The summed E-state index contributed by atoms with van der Waals surface area (Å²) in [5.41, 5.74) is 0. The molecule has 0 radical (unpaired) electrons. The molecule has 0 amide bonds. The van der Waals surface area contributed by atoms with Crippen LogP contribution in [0, 0.1) is 11.8 Å². The van der Waals surface area contributed by atoms with Gasteiger partial charge in [0.25, 0.3) is 0 Å². The SMILES string of the molecule is CCCCCCCCCC(CCCCCC(=O)O)C(CCCCCCC)CCCCCCCC(=O)O. The summed E-state index contributed by atoms with van der Waals surface area (Å²) in [6.45, 7) is 4.56. The van der Waals surface area contributed by atoms with Crippen LogP contribution in [0.3, 0.4) is 0 Å². The lowest BCUT2D eigenvalue weighted by Gasteiger charge is -2.28. The summed E-state index contributed by atoms with van der Waals surface area (Å²) >= 11 is 0. The molecule has 214 valence electrons. The zero-order valence-corrected chi connectivity index (χ0v) is 24.3. The third-order valence-corrected chi connectivity index (χ3v) is 7.95. The first-order chi connectivity index (χ1) is 17.5. The molecule has 4 nitrogen and oxygen atoms in total. The molecule has 2 atom stereocenters. The average molecular weight is 511 g/mol. The van der Waals surface area contributed by atoms with Crippen LogP contribution in [0.4, 0.5) is 0 Å². The number of unbranched alkanes of at least 4 members (excludes halogenated alkanes) is 16. The fraction of sp³-hybridized carbons (Fsp3) is 0.938. The molecule has 0 aliphatic heterocycles. The maximum Gasteiger partial charge on any atom is 0.303 e. The lowest BCUT2D eigenvalue weighted by Crippen LogP contribution is -2.16. The highest BCUT2D eigenvalue weighted by atomic mass is 16.4. The summed E-state index contributed by atoms with van der Waals surface area (Å²) in [6, 6.07) is 0. The van der Waals surface area contributed by atoms with Crippen molar-refractivity contribution in [3.8, 4) is 0 Å². The van der Waals surface area contributed by atoms with E-state index in [1.807, 2.05) is 0 Å². The van der Waals surface area contributed by atoms with Gasteiger partial charge in [-0.1, -0.05) is 155 Å². The van der Waals surface area contributed by atoms with Gasteiger partial charge in [-0.15, -0.1) is 0 Å². The number of aliphatic carboxylic acids is 2. The molecule has 0 fully saturated rings. The van der Waals surface area contributed by atoms with E-state index in [-0.39, 0.29) is 0 Å². The fourth-order valence-corrected chi connectivity index (χ4v) is 5.68. The molecule has 36 heavy (non-hydrogen) atoms. The summed E-state index contributed by atoms with van der Waals surface area (Å²) in [6.07, 6.45) is 30.8. The predicted octanol–water partition coefficient (Wildman–Crippen LogP) is 10.6. The highest BCUT2D eigenvalue weighted by Crippen LogP contribution is 2.33. The Morgan fingerprint density at radius 1 is 0.417 bits per heavy atom. The van der Waals surface area contributed by atoms with Crippen molar-refractivity contribution >= 4 is 11.9 Å². The predicted molar refractivity (Wildman–Crippen MR) is 154 cm³/mol. The third kappa shape index (κ3) is 24.6. The molecule has 4 heteroatoms. The zero-order chi connectivity index (χ0) is 26.7. The van der Waals surface area contributed by atoms with E-state index in [9.17, 15) is 9.59 Å². The molecule has 0 aliphatic rings. The summed E-state index contributed by atoms with van der Waals surface area (Å²) in [5.74, 6) is 0.270. The van der Waals surface area contributed by atoms with Crippen LogP contribution >= 0.6 is 0 Å². The van der Waals surface area contributed by atoms with Crippen molar-refractivity contribution in [2.45, 2.75) is 181 Å². The highest BCUT2D eigenvalue weighted by Gasteiger charge is 2.20. The van der Waals surface area contributed by atoms with Crippen molar-refractivity contribution < 1.29 is 19.8 Å². The molecule has 0 rings (SSSR count). The van der Waals surface area contributed by atoms with Gasteiger partial charge < -0.3 is 10.2 Å². The monoisotopic (exact) mass is 510 g/mol. The molecule has 0 saturated carbocycles. The standard InChI is InChI=1S/C32H62O4/c1-3-5-7-9-10-13-18-24-30(26-20-16-22-28-32(35)36)29(23-17-12-8-6-4-2)25-19-14-11-15-21-27-31(33)34/h29-30H,3-28H2,1-2H3,(H,33,34)(H,35,36). The van der Waals surface area contributed by atoms with E-state index in [1.54, 1.807) is 0 Å². The Labute approximate surface area is 224 Å². The van der Waals surface area contributed by atoms with Gasteiger partial charge in [0, 0.05) is 12.8 Å². The Morgan fingerprint density at radius 3 is 0.972 bits per heavy atom. The lowest BCUT2D eigenvalue weighted by atomic mass is 9.78. The second-order valence-electron chi connectivity index (χ2n) is 11.3. The topological polar surface area (TPSA) is 74.6 Å². The average Bonchev–Trinajstić information content (AvgIpc) is 2.84. The minimum atomic E-state index is -0.672. The van der Waals surface area contributed by atoms with Crippen LogP contribution in [0.2, 0.25) is 0 Å². The second-order valence-corrected chi connectivity index (χ2v) is 11.3. The van der Waals surface area contributed by atoms with E-state index in [0.29, 0.717) is 12.8 Å². The lowest BCUT2D eigenvalue weighted by molar-refractivity contribution is -0.138. The van der Waals surface area contributed by atoms with Gasteiger partial charge >= 0.3 is 11.9 Å². The smallest absolute Gasteiger partial charge is 0.303 e. The van der Waals surface area contributed by atoms with Crippen LogP contribution in [-0.2, 0) is 9.59 Å². The van der Waals surface area contributed by atoms with Gasteiger partial charge in [0.15, 0.2) is 0 Å². The van der Waals surface area contributed by atoms with Gasteiger partial charge in [-0.25, -0.2) is 0 Å². The van der Waals surface area contributed by atoms with Gasteiger partial charge in [0.2, 0.25) is 0 Å². The Hall–Kier alpha value is -1.06. The minimum absolute atomic E-state index is 0.308. The largest absolute Gasteiger partial charge is 0.481 e. The van der Waals surface area contributed by atoms with Gasteiger partial charge in [-0.05, 0) is 24.7 Å². The molecular formula is C32H62O4. The van der Waals surface area contributed by atoms with E-state index in [4.69, 9.17) is 10.2 Å². The van der Waals surface area contributed by atoms with Crippen LogP contribution in [0.5, 0.6) is 0 Å². The first-order valence-electron chi connectivity index (χ1n) is 15.9. The summed E-state index contributed by atoms with van der Waals surface area (Å²) in [5, 5.41) is 17.8. The van der Waals surface area contributed by atoms with Crippen LogP contribution in [0.1, 0.15) is 181 Å². The summed E-state index contributed by atoms with van der Waals surface area (Å²) in [4.78, 5) is 21.6. The Balaban J connectivity index is 4.72. The highest BCUT2D eigenvalue weighted by molar-refractivity contribution is 5.66. The molecule has 0 aromatic heterocycles. The maximum absolute atomic E-state index is 10.9. The Kier molecular flexibility index (Phi) is 26.2. The van der Waals surface area contributed by atoms with E-state index >= 15 is 0 Å². The molecule has 0 spiro atoms. The molecule has 0 aromatic carbocycles. The zero-order valence-electron chi connectivity index (χ0n) is 24.3. The number of hydrogen-bond acceptors (Lipinski definition) is 2. The van der Waals surface area contributed by atoms with Crippen molar-refractivity contribution in [2.24, 2.45) is 11.8 Å². The molecule has 2 unspecified atom stereocenters. The first kappa shape index (κ1) is 34.9. The summed E-state index contributed by atoms with van der Waals surface area (Å²) < 4.78 is 0. The summed E-state index contributed by atoms with van der Waals surface area (Å²) in [7, 11) is 0. The third-order valence-electron chi connectivity index (χ3n) is 7.95. The number of carboxylic acids is 2. The van der Waals surface area contributed by atoms with Crippen LogP contribution < -0.4 is 0 Å². The van der Waals surface area contributed by atoms with E-state index in [0.717, 1.165) is 43.9 Å². The Morgan fingerprint density at radius 2 is 0.667 bits per heavy atom. The van der Waals surface area contributed by atoms with Crippen molar-refractivity contribution in [3.63, 3.8) is 0 Å². The van der Waals surface area contributed by atoms with E-state index in [1.165, 1.54) is 122 Å². The van der Waals surface area contributed by atoms with Crippen molar-refractivity contribution in [1.82, 2.24) is 0 Å². The minimum Gasteiger partial charge on any atom is -0.481 e. The van der Waals surface area contributed by atoms with Gasteiger partial charge in [0.05, 0.1) is 0 Å². The maximum atomic E-state index is 10.9. The van der Waals surface area contributed by atoms with Crippen molar-refractivity contribution in [2.75, 3.05) is 0 Å². The fourth-order valence-electron chi connectivity index (χ4n) is 5.68. The molecule has 0 heterocycles. The quantitative estimate of drug-likeness (QED) is 0.0981.